The number of benzene rings is 1. The Morgan fingerprint density at radius 3 is 2.67 bits per heavy atom. The number of rotatable bonds is 1. The Labute approximate surface area is 85.3 Å². The van der Waals surface area contributed by atoms with Gasteiger partial charge in [-0.2, -0.15) is 0 Å². The summed E-state index contributed by atoms with van der Waals surface area (Å²) in [6, 6.07) is 5.75. The molecular formula is C7H4Br2N2O. The van der Waals surface area contributed by atoms with Gasteiger partial charge in [0.25, 0.3) is 0 Å². The summed E-state index contributed by atoms with van der Waals surface area (Å²) >= 11 is 6.79. The summed E-state index contributed by atoms with van der Waals surface area (Å²) in [6.45, 7) is 0. The number of hydrogen-bond donors (Lipinski definition) is 0. The Balaban J connectivity index is 2.60. The second-order valence-corrected chi connectivity index (χ2v) is 5.37. The zero-order chi connectivity index (χ0) is 8.55. The van der Waals surface area contributed by atoms with Gasteiger partial charge in [0.1, 0.15) is 11.0 Å². The van der Waals surface area contributed by atoms with Crippen LogP contribution in [0.3, 0.4) is 0 Å². The first kappa shape index (κ1) is 8.19. The molecule has 62 valence electrons. The van der Waals surface area contributed by atoms with Crippen LogP contribution in [-0.4, -0.2) is 10.3 Å². The first-order chi connectivity index (χ1) is 5.77. The predicted octanol–water partition coefficient (Wildman–Crippen LogP) is 3.01. The van der Waals surface area contributed by atoms with Crippen LogP contribution in [0.4, 0.5) is 0 Å². The van der Waals surface area contributed by atoms with E-state index in [9.17, 15) is 0 Å². The third kappa shape index (κ3) is 1.38. The van der Waals surface area contributed by atoms with Gasteiger partial charge in [-0.15, -0.1) is 0 Å². The zero-order valence-electron chi connectivity index (χ0n) is 5.87. The lowest BCUT2D eigenvalue weighted by molar-refractivity contribution is 0.315. The van der Waals surface area contributed by atoms with Crippen LogP contribution in [0, 0.1) is 0 Å². The van der Waals surface area contributed by atoms with Crippen molar-refractivity contribution in [2.45, 2.75) is 3.74 Å². The molecule has 5 heteroatoms. The van der Waals surface area contributed by atoms with E-state index in [4.69, 9.17) is 0 Å². The third-order valence-corrected chi connectivity index (χ3v) is 2.59. The molecule has 0 radical (unpaired) electrons. The van der Waals surface area contributed by atoms with Crippen molar-refractivity contribution in [2.75, 3.05) is 0 Å². The number of fused-ring (bicyclic) bond motifs is 1. The lowest BCUT2D eigenvalue weighted by atomic mass is 10.2. The summed E-state index contributed by atoms with van der Waals surface area (Å²) in [6.07, 6.45) is 0. The van der Waals surface area contributed by atoms with Crippen molar-refractivity contribution < 1.29 is 4.63 Å². The molecule has 2 rings (SSSR count). The topological polar surface area (TPSA) is 38.9 Å². The molecule has 0 amide bonds. The van der Waals surface area contributed by atoms with E-state index >= 15 is 0 Å². The van der Waals surface area contributed by atoms with E-state index in [1.54, 1.807) is 0 Å². The lowest BCUT2D eigenvalue weighted by Crippen LogP contribution is -1.79. The average Bonchev–Trinajstić information content (AvgIpc) is 2.49. The van der Waals surface area contributed by atoms with Gasteiger partial charge in [-0.3, -0.25) is 0 Å². The quantitative estimate of drug-likeness (QED) is 0.758. The highest BCUT2D eigenvalue weighted by Crippen LogP contribution is 2.30. The van der Waals surface area contributed by atoms with Crippen LogP contribution in [0.25, 0.3) is 11.0 Å². The second-order valence-electron chi connectivity index (χ2n) is 2.31. The Morgan fingerprint density at radius 2 is 1.92 bits per heavy atom. The molecule has 0 N–H and O–H groups in total. The van der Waals surface area contributed by atoms with Gasteiger partial charge >= 0.3 is 0 Å². The van der Waals surface area contributed by atoms with Gasteiger partial charge in [-0.1, -0.05) is 37.9 Å². The van der Waals surface area contributed by atoms with Gasteiger partial charge < -0.3 is 0 Å². The molecule has 3 nitrogen and oxygen atoms in total. The fourth-order valence-electron chi connectivity index (χ4n) is 0.935. The van der Waals surface area contributed by atoms with Crippen molar-refractivity contribution in [3.05, 3.63) is 23.8 Å². The minimum Gasteiger partial charge on any atom is -0.243 e. The van der Waals surface area contributed by atoms with E-state index in [0.29, 0.717) is 0 Å². The Hall–Kier alpha value is -0.420. The largest absolute Gasteiger partial charge is 0.243 e. The van der Waals surface area contributed by atoms with Crippen molar-refractivity contribution in [1.82, 2.24) is 10.3 Å². The second kappa shape index (κ2) is 3.14. The van der Waals surface area contributed by atoms with Crippen LogP contribution in [0.2, 0.25) is 0 Å². The first-order valence-corrected chi connectivity index (χ1v) is 5.11. The average molecular weight is 292 g/mol. The minimum atomic E-state index is 0.145. The molecule has 0 aliphatic carbocycles. The van der Waals surface area contributed by atoms with Crippen LogP contribution < -0.4 is 0 Å². The monoisotopic (exact) mass is 290 g/mol. The van der Waals surface area contributed by atoms with Gasteiger partial charge in [0.15, 0.2) is 0 Å². The van der Waals surface area contributed by atoms with E-state index in [-0.39, 0.29) is 3.74 Å². The van der Waals surface area contributed by atoms with Crippen LogP contribution in [-0.2, 0) is 0 Å². The molecule has 2 aromatic rings. The molecule has 1 heterocycles. The summed E-state index contributed by atoms with van der Waals surface area (Å²) in [4.78, 5) is 0. The van der Waals surface area contributed by atoms with E-state index in [1.807, 2.05) is 18.2 Å². The molecule has 1 aromatic carbocycles. The van der Waals surface area contributed by atoms with Crippen LogP contribution in [0.1, 0.15) is 9.30 Å². The van der Waals surface area contributed by atoms with E-state index < -0.39 is 0 Å². The minimum absolute atomic E-state index is 0.145. The maximum absolute atomic E-state index is 4.57. The first-order valence-electron chi connectivity index (χ1n) is 3.28. The number of alkyl halides is 2. The van der Waals surface area contributed by atoms with Crippen molar-refractivity contribution in [3.63, 3.8) is 0 Å². The fourth-order valence-corrected chi connectivity index (χ4v) is 1.50. The van der Waals surface area contributed by atoms with Gasteiger partial charge in [-0.05, 0) is 28.0 Å². The van der Waals surface area contributed by atoms with Crippen LogP contribution >= 0.6 is 31.9 Å². The van der Waals surface area contributed by atoms with E-state index in [1.165, 1.54) is 0 Å². The maximum Gasteiger partial charge on any atom is 0.135 e. The number of aromatic nitrogens is 2. The molecular weight excluding hydrogens is 288 g/mol. The molecule has 12 heavy (non-hydrogen) atoms. The van der Waals surface area contributed by atoms with Crippen molar-refractivity contribution in [2.24, 2.45) is 0 Å². The Morgan fingerprint density at radius 1 is 1.17 bits per heavy atom. The summed E-state index contributed by atoms with van der Waals surface area (Å²) < 4.78 is 4.71. The number of hydrogen-bond acceptors (Lipinski definition) is 3. The molecule has 0 aliphatic rings. The molecule has 0 saturated carbocycles. The number of halogens is 2. The molecule has 0 unspecified atom stereocenters. The predicted molar refractivity (Wildman–Crippen MR) is 52.4 cm³/mol. The van der Waals surface area contributed by atoms with Gasteiger partial charge in [0, 0.05) is 0 Å². The highest BCUT2D eigenvalue weighted by atomic mass is 79.9. The maximum atomic E-state index is 4.57. The summed E-state index contributed by atoms with van der Waals surface area (Å²) in [5.74, 6) is 0. The third-order valence-electron chi connectivity index (χ3n) is 1.53. The molecule has 0 saturated heterocycles. The lowest BCUT2D eigenvalue weighted by Gasteiger charge is -1.98. The highest BCUT2D eigenvalue weighted by molar-refractivity contribution is 9.24. The SMILES string of the molecule is BrC(Br)c1ccc2nonc2c1. The summed E-state index contributed by atoms with van der Waals surface area (Å²) in [5.41, 5.74) is 2.65. The Bertz CT molecular complexity index is 399. The summed E-state index contributed by atoms with van der Waals surface area (Å²) in [5, 5.41) is 7.44. The standard InChI is InChI=1S/C7H4Br2N2O/c8-7(9)4-1-2-5-6(3-4)11-12-10-5/h1-3,7H. The van der Waals surface area contributed by atoms with E-state index in [2.05, 4.69) is 46.8 Å². The fraction of sp³-hybridized carbons (Fsp3) is 0.143. The highest BCUT2D eigenvalue weighted by Gasteiger charge is 2.05. The smallest absolute Gasteiger partial charge is 0.135 e. The van der Waals surface area contributed by atoms with Gasteiger partial charge in [0.2, 0.25) is 0 Å². The summed E-state index contributed by atoms with van der Waals surface area (Å²) in [7, 11) is 0. The number of nitrogens with zero attached hydrogens (tertiary/aromatic N) is 2. The Kier molecular flexibility index (Phi) is 2.14. The van der Waals surface area contributed by atoms with Gasteiger partial charge in [0.05, 0.1) is 3.74 Å². The van der Waals surface area contributed by atoms with E-state index in [0.717, 1.165) is 16.6 Å². The van der Waals surface area contributed by atoms with Crippen LogP contribution in [0.15, 0.2) is 22.8 Å². The molecule has 0 fully saturated rings. The van der Waals surface area contributed by atoms with Crippen LogP contribution in [0.5, 0.6) is 0 Å². The van der Waals surface area contributed by atoms with Crippen molar-refractivity contribution in [1.29, 1.82) is 0 Å². The van der Waals surface area contributed by atoms with Crippen molar-refractivity contribution >= 4 is 42.9 Å². The molecule has 0 atom stereocenters. The molecule has 1 aromatic heterocycles. The molecule has 0 bridgehead atoms. The van der Waals surface area contributed by atoms with Gasteiger partial charge in [-0.25, -0.2) is 4.63 Å². The zero-order valence-corrected chi connectivity index (χ0v) is 9.04. The molecule has 0 spiro atoms. The molecule has 0 aliphatic heterocycles. The van der Waals surface area contributed by atoms with Crippen molar-refractivity contribution in [3.8, 4) is 0 Å². The normalized spacial score (nSPS) is 11.2.